The average molecular weight is 412 g/mol. The van der Waals surface area contributed by atoms with Gasteiger partial charge in [0, 0.05) is 0 Å². The Morgan fingerprint density at radius 2 is 1.10 bits per heavy atom. The number of rotatable bonds is 10. The Bertz CT molecular complexity index is 884. The molecular weight excluding hydrogens is 391 g/mol. The largest absolute Gasteiger partial charge is 0.478 e. The number of hydrogen-bond acceptors (Lipinski definition) is 6. The Balaban J connectivity index is 1.59. The van der Waals surface area contributed by atoms with Gasteiger partial charge in [-0.05, 0) is 23.3 Å². The Morgan fingerprint density at radius 3 is 1.59 bits per heavy atom. The van der Waals surface area contributed by atoms with Gasteiger partial charge in [0.25, 0.3) is 0 Å². The van der Waals surface area contributed by atoms with Crippen LogP contribution in [0.1, 0.15) is 21.5 Å². The molecule has 0 aliphatic rings. The van der Waals surface area contributed by atoms with E-state index in [9.17, 15) is 9.36 Å². The first-order valence-electron chi connectivity index (χ1n) is 8.98. The second-order valence-corrected chi connectivity index (χ2v) is 7.68. The number of carbonyl (C=O) groups excluding carboxylic acids is 1. The van der Waals surface area contributed by atoms with Crippen molar-refractivity contribution in [2.45, 2.75) is 13.2 Å². The second-order valence-electron chi connectivity index (χ2n) is 6.01. The molecule has 0 aliphatic heterocycles. The highest BCUT2D eigenvalue weighted by Gasteiger charge is 2.28. The monoisotopic (exact) mass is 412 g/mol. The van der Waals surface area contributed by atoms with E-state index in [0.29, 0.717) is 5.56 Å². The van der Waals surface area contributed by atoms with Crippen molar-refractivity contribution in [1.29, 1.82) is 0 Å². The molecule has 150 valence electrons. The number of phosphoric ester groups is 1. The number of hydrogen-bond donors (Lipinski definition) is 0. The highest BCUT2D eigenvalue weighted by atomic mass is 31.2. The topological polar surface area (TPSA) is 71.1 Å². The van der Waals surface area contributed by atoms with Gasteiger partial charge in [-0.2, -0.15) is 0 Å². The predicted molar refractivity (Wildman–Crippen MR) is 108 cm³/mol. The molecule has 0 saturated carbocycles. The molecule has 0 unspecified atom stereocenters. The third-order valence-corrected chi connectivity index (χ3v) is 5.19. The minimum atomic E-state index is -3.98. The van der Waals surface area contributed by atoms with E-state index in [0.717, 1.165) is 11.1 Å². The van der Waals surface area contributed by atoms with Gasteiger partial charge in [0.15, 0.2) is 0 Å². The summed E-state index contributed by atoms with van der Waals surface area (Å²) in [5, 5.41) is 0. The van der Waals surface area contributed by atoms with Gasteiger partial charge >= 0.3 is 13.8 Å². The van der Waals surface area contributed by atoms with Gasteiger partial charge in [-0.3, -0.25) is 9.05 Å². The molecule has 0 aliphatic carbocycles. The van der Waals surface area contributed by atoms with Crippen LogP contribution < -0.4 is 0 Å². The van der Waals surface area contributed by atoms with E-state index in [1.165, 1.54) is 0 Å². The summed E-state index contributed by atoms with van der Waals surface area (Å²) in [4.78, 5) is 12.0. The van der Waals surface area contributed by atoms with Gasteiger partial charge in [0.05, 0.1) is 18.8 Å². The molecule has 0 N–H and O–H groups in total. The van der Waals surface area contributed by atoms with Crippen LogP contribution in [0.4, 0.5) is 0 Å². The molecule has 6 nitrogen and oxygen atoms in total. The van der Waals surface area contributed by atoms with Crippen LogP contribution in [0, 0.1) is 0 Å². The van der Waals surface area contributed by atoms with Crippen LogP contribution in [-0.2, 0) is 36.1 Å². The summed E-state index contributed by atoms with van der Waals surface area (Å²) in [5.74, 6) is -0.594. The standard InChI is InChI=1S/C22H21O6P/c23-22(21-14-8-3-9-15-21)25-18-28-29(24,26-16-19-10-4-1-5-11-19)27-17-20-12-6-2-7-13-20/h1-15H,16-18H2. The average Bonchev–Trinajstić information content (AvgIpc) is 2.78. The van der Waals surface area contributed by atoms with Crippen LogP contribution in [0.15, 0.2) is 91.0 Å². The molecule has 3 aromatic rings. The highest BCUT2D eigenvalue weighted by molar-refractivity contribution is 7.48. The molecule has 3 aromatic carbocycles. The smallest absolute Gasteiger partial charge is 0.434 e. The lowest BCUT2D eigenvalue weighted by Crippen LogP contribution is -2.10. The normalized spacial score (nSPS) is 11.2. The molecule has 0 radical (unpaired) electrons. The molecule has 0 amide bonds. The maximum atomic E-state index is 13.0. The summed E-state index contributed by atoms with van der Waals surface area (Å²) < 4.78 is 34.2. The van der Waals surface area contributed by atoms with Crippen LogP contribution in [-0.4, -0.2) is 12.8 Å². The van der Waals surface area contributed by atoms with Gasteiger partial charge in [-0.1, -0.05) is 78.9 Å². The van der Waals surface area contributed by atoms with E-state index in [4.69, 9.17) is 18.3 Å². The molecular formula is C22H21O6P. The molecule has 0 spiro atoms. The van der Waals surface area contributed by atoms with Crippen LogP contribution in [0.2, 0.25) is 0 Å². The van der Waals surface area contributed by atoms with Crippen LogP contribution in [0.25, 0.3) is 0 Å². The molecule has 0 bridgehead atoms. The first kappa shape index (κ1) is 21.0. The molecule has 7 heteroatoms. The van der Waals surface area contributed by atoms with E-state index in [1.54, 1.807) is 30.3 Å². The lowest BCUT2D eigenvalue weighted by Gasteiger charge is -2.18. The molecule has 29 heavy (non-hydrogen) atoms. The fourth-order valence-corrected chi connectivity index (χ4v) is 3.39. The quantitative estimate of drug-likeness (QED) is 0.254. The number of phosphoric acid groups is 1. The maximum absolute atomic E-state index is 13.0. The maximum Gasteiger partial charge on any atom is 0.478 e. The molecule has 0 fully saturated rings. The number of ether oxygens (including phenoxy) is 1. The number of benzene rings is 3. The van der Waals surface area contributed by atoms with Crippen molar-refractivity contribution in [1.82, 2.24) is 0 Å². The predicted octanol–water partition coefficient (Wildman–Crippen LogP) is 5.36. The minimum absolute atomic E-state index is 0.0273. The molecule has 3 rings (SSSR count). The Labute approximate surface area is 169 Å². The summed E-state index contributed by atoms with van der Waals surface area (Å²) in [6.45, 7) is -0.506. The Hall–Kier alpha value is -2.76. The SMILES string of the molecule is O=C(OCOP(=O)(OCc1ccccc1)OCc1ccccc1)c1ccccc1. The van der Waals surface area contributed by atoms with Crippen molar-refractivity contribution in [3.05, 3.63) is 108 Å². The van der Waals surface area contributed by atoms with Crippen molar-refractivity contribution in [3.63, 3.8) is 0 Å². The zero-order valence-corrected chi connectivity index (χ0v) is 16.6. The molecule has 0 atom stereocenters. The van der Waals surface area contributed by atoms with Gasteiger partial charge in [-0.25, -0.2) is 13.9 Å². The first-order chi connectivity index (χ1) is 14.1. The fourth-order valence-electron chi connectivity index (χ4n) is 2.37. The number of esters is 1. The second kappa shape index (κ2) is 10.7. The molecule has 0 heterocycles. The molecule has 0 saturated heterocycles. The van der Waals surface area contributed by atoms with Crippen LogP contribution in [0.5, 0.6) is 0 Å². The van der Waals surface area contributed by atoms with E-state index in [2.05, 4.69) is 0 Å². The van der Waals surface area contributed by atoms with Gasteiger partial charge in [-0.15, -0.1) is 0 Å². The van der Waals surface area contributed by atoms with Crippen molar-refractivity contribution in [3.8, 4) is 0 Å². The summed E-state index contributed by atoms with van der Waals surface area (Å²) in [5.41, 5.74) is 1.98. The van der Waals surface area contributed by atoms with Gasteiger partial charge in [0.2, 0.25) is 6.79 Å². The summed E-state index contributed by atoms with van der Waals surface area (Å²) in [7, 11) is -3.98. The van der Waals surface area contributed by atoms with Crippen LogP contribution >= 0.6 is 7.82 Å². The van der Waals surface area contributed by atoms with Crippen molar-refractivity contribution in [2.75, 3.05) is 6.79 Å². The minimum Gasteiger partial charge on any atom is -0.434 e. The van der Waals surface area contributed by atoms with E-state index in [-0.39, 0.29) is 13.2 Å². The fraction of sp³-hybridized carbons (Fsp3) is 0.136. The highest BCUT2D eigenvalue weighted by Crippen LogP contribution is 2.50. The van der Waals surface area contributed by atoms with Crippen LogP contribution in [0.3, 0.4) is 0 Å². The summed E-state index contributed by atoms with van der Waals surface area (Å²) >= 11 is 0. The van der Waals surface area contributed by atoms with E-state index in [1.807, 2.05) is 60.7 Å². The van der Waals surface area contributed by atoms with E-state index < -0.39 is 20.6 Å². The van der Waals surface area contributed by atoms with Crippen molar-refractivity contribution >= 4 is 13.8 Å². The first-order valence-corrected chi connectivity index (χ1v) is 10.4. The third-order valence-electron chi connectivity index (χ3n) is 3.87. The lowest BCUT2D eigenvalue weighted by molar-refractivity contribution is -0.00462. The van der Waals surface area contributed by atoms with Crippen molar-refractivity contribution in [2.24, 2.45) is 0 Å². The lowest BCUT2D eigenvalue weighted by atomic mass is 10.2. The molecule has 0 aromatic heterocycles. The van der Waals surface area contributed by atoms with Gasteiger partial charge in [0.1, 0.15) is 0 Å². The Morgan fingerprint density at radius 1 is 0.655 bits per heavy atom. The third kappa shape index (κ3) is 6.97. The number of carbonyl (C=O) groups is 1. The summed E-state index contributed by atoms with van der Waals surface area (Å²) in [6, 6.07) is 26.9. The van der Waals surface area contributed by atoms with Gasteiger partial charge < -0.3 is 4.74 Å². The zero-order chi connectivity index (χ0) is 20.4. The van der Waals surface area contributed by atoms with Crippen molar-refractivity contribution < 1.29 is 27.7 Å². The zero-order valence-electron chi connectivity index (χ0n) is 15.7. The summed E-state index contributed by atoms with van der Waals surface area (Å²) in [6.07, 6.45) is 0. The Kier molecular flexibility index (Phi) is 7.73. The van der Waals surface area contributed by atoms with E-state index >= 15 is 0 Å².